The molecule has 2 aromatic rings. The average molecular weight is 295 g/mol. The quantitative estimate of drug-likeness (QED) is 0.799. The SMILES string of the molecule is C#CCn1c([C@@H]2CC(=O)N(C(C)(C)C)C2)nc2ccccc21. The van der Waals surface area contributed by atoms with Crippen molar-refractivity contribution in [3.05, 3.63) is 30.1 Å². The van der Waals surface area contributed by atoms with Crippen molar-refractivity contribution >= 4 is 16.9 Å². The first kappa shape index (κ1) is 14.6. The second-order valence-electron chi connectivity index (χ2n) is 6.83. The van der Waals surface area contributed by atoms with Crippen LogP contribution in [0.15, 0.2) is 24.3 Å². The lowest BCUT2D eigenvalue weighted by Gasteiger charge is -2.32. The van der Waals surface area contributed by atoms with Gasteiger partial charge in [-0.2, -0.15) is 0 Å². The molecule has 22 heavy (non-hydrogen) atoms. The van der Waals surface area contributed by atoms with Crippen LogP contribution in [0.5, 0.6) is 0 Å². The molecular formula is C18H21N3O. The number of para-hydroxylation sites is 2. The summed E-state index contributed by atoms with van der Waals surface area (Å²) in [6, 6.07) is 7.98. The van der Waals surface area contributed by atoms with E-state index >= 15 is 0 Å². The van der Waals surface area contributed by atoms with Gasteiger partial charge in [-0.15, -0.1) is 6.42 Å². The van der Waals surface area contributed by atoms with Crippen LogP contribution in [-0.2, 0) is 11.3 Å². The Labute approximate surface area is 131 Å². The molecule has 0 N–H and O–H groups in total. The highest BCUT2D eigenvalue weighted by Gasteiger charge is 2.38. The summed E-state index contributed by atoms with van der Waals surface area (Å²) in [6.45, 7) is 7.39. The summed E-state index contributed by atoms with van der Waals surface area (Å²) >= 11 is 0. The van der Waals surface area contributed by atoms with Crippen molar-refractivity contribution in [1.82, 2.24) is 14.5 Å². The van der Waals surface area contributed by atoms with E-state index in [1.165, 1.54) is 0 Å². The maximum atomic E-state index is 12.3. The van der Waals surface area contributed by atoms with Crippen LogP contribution in [0, 0.1) is 12.3 Å². The predicted octanol–water partition coefficient (Wildman–Crippen LogP) is 2.78. The van der Waals surface area contributed by atoms with E-state index in [-0.39, 0.29) is 17.4 Å². The number of amides is 1. The van der Waals surface area contributed by atoms with Crippen molar-refractivity contribution in [2.75, 3.05) is 6.54 Å². The first-order chi connectivity index (χ1) is 10.4. The topological polar surface area (TPSA) is 38.1 Å². The van der Waals surface area contributed by atoms with E-state index < -0.39 is 0 Å². The van der Waals surface area contributed by atoms with Gasteiger partial charge in [-0.3, -0.25) is 4.79 Å². The van der Waals surface area contributed by atoms with Crippen molar-refractivity contribution in [2.24, 2.45) is 0 Å². The third-order valence-corrected chi connectivity index (χ3v) is 4.23. The summed E-state index contributed by atoms with van der Waals surface area (Å²) in [5.74, 6) is 3.93. The lowest BCUT2D eigenvalue weighted by Crippen LogP contribution is -2.42. The molecule has 1 saturated heterocycles. The van der Waals surface area contributed by atoms with Crippen LogP contribution in [0.3, 0.4) is 0 Å². The Kier molecular flexibility index (Phi) is 3.44. The predicted molar refractivity (Wildman–Crippen MR) is 87.4 cm³/mol. The summed E-state index contributed by atoms with van der Waals surface area (Å²) in [5, 5.41) is 0. The van der Waals surface area contributed by atoms with Gasteiger partial charge in [-0.05, 0) is 32.9 Å². The number of nitrogens with zero attached hydrogens (tertiary/aromatic N) is 3. The normalized spacial score (nSPS) is 18.9. The highest BCUT2D eigenvalue weighted by molar-refractivity contribution is 5.81. The molecule has 2 heterocycles. The molecule has 1 aromatic heterocycles. The zero-order valence-corrected chi connectivity index (χ0v) is 13.3. The maximum Gasteiger partial charge on any atom is 0.223 e. The molecule has 114 valence electrons. The number of hydrogen-bond acceptors (Lipinski definition) is 2. The third kappa shape index (κ3) is 2.37. The van der Waals surface area contributed by atoms with Crippen LogP contribution in [0.25, 0.3) is 11.0 Å². The summed E-state index contributed by atoms with van der Waals surface area (Å²) < 4.78 is 2.07. The van der Waals surface area contributed by atoms with Gasteiger partial charge < -0.3 is 9.47 Å². The van der Waals surface area contributed by atoms with Gasteiger partial charge in [-0.25, -0.2) is 4.98 Å². The average Bonchev–Trinajstić information content (AvgIpc) is 3.00. The van der Waals surface area contributed by atoms with Gasteiger partial charge >= 0.3 is 0 Å². The Morgan fingerprint density at radius 1 is 1.36 bits per heavy atom. The molecule has 1 aliphatic heterocycles. The fraction of sp³-hybridized carbons (Fsp3) is 0.444. The lowest BCUT2D eigenvalue weighted by molar-refractivity contribution is -0.131. The van der Waals surface area contributed by atoms with Gasteiger partial charge in [0.15, 0.2) is 0 Å². The Balaban J connectivity index is 2.02. The number of carbonyl (C=O) groups excluding carboxylic acids is 1. The first-order valence-corrected chi connectivity index (χ1v) is 7.61. The second-order valence-corrected chi connectivity index (χ2v) is 6.83. The molecule has 0 spiro atoms. The van der Waals surface area contributed by atoms with E-state index in [1.807, 2.05) is 29.2 Å². The molecule has 4 heteroatoms. The smallest absolute Gasteiger partial charge is 0.223 e. The van der Waals surface area contributed by atoms with Gasteiger partial charge in [0.25, 0.3) is 0 Å². The van der Waals surface area contributed by atoms with Gasteiger partial charge in [0, 0.05) is 24.4 Å². The van der Waals surface area contributed by atoms with Crippen LogP contribution >= 0.6 is 0 Å². The van der Waals surface area contributed by atoms with E-state index in [2.05, 4.69) is 31.3 Å². The Morgan fingerprint density at radius 2 is 2.09 bits per heavy atom. The second kappa shape index (κ2) is 5.17. The van der Waals surface area contributed by atoms with Gasteiger partial charge in [0.1, 0.15) is 5.82 Å². The number of aromatic nitrogens is 2. The minimum atomic E-state index is -0.158. The standard InChI is InChI=1S/C18H21N3O/c1-5-10-20-15-9-7-6-8-14(15)19-17(20)13-11-16(22)21(12-13)18(2,3)4/h1,6-9,13H,10-12H2,2-4H3/t13-/m1/s1. The van der Waals surface area contributed by atoms with Gasteiger partial charge in [-0.1, -0.05) is 18.1 Å². The minimum Gasteiger partial charge on any atom is -0.337 e. The molecule has 1 fully saturated rings. The van der Waals surface area contributed by atoms with Crippen LogP contribution in [0.1, 0.15) is 38.9 Å². The number of carbonyl (C=O) groups is 1. The summed E-state index contributed by atoms with van der Waals surface area (Å²) in [6.07, 6.45) is 6.03. The third-order valence-electron chi connectivity index (χ3n) is 4.23. The summed E-state index contributed by atoms with van der Waals surface area (Å²) in [4.78, 5) is 19.0. The highest BCUT2D eigenvalue weighted by atomic mass is 16.2. The van der Waals surface area contributed by atoms with Gasteiger partial charge in [0.2, 0.25) is 5.91 Å². The van der Waals surface area contributed by atoms with Gasteiger partial charge in [0.05, 0.1) is 17.6 Å². The maximum absolute atomic E-state index is 12.3. The fourth-order valence-corrected chi connectivity index (χ4v) is 3.19. The van der Waals surface area contributed by atoms with Crippen molar-refractivity contribution in [3.8, 4) is 12.3 Å². The van der Waals surface area contributed by atoms with E-state index in [4.69, 9.17) is 11.4 Å². The molecular weight excluding hydrogens is 274 g/mol. The van der Waals surface area contributed by atoms with Crippen molar-refractivity contribution in [1.29, 1.82) is 0 Å². The number of benzene rings is 1. The molecule has 1 aromatic carbocycles. The van der Waals surface area contributed by atoms with Crippen LogP contribution in [0.2, 0.25) is 0 Å². The molecule has 0 saturated carbocycles. The first-order valence-electron chi connectivity index (χ1n) is 7.61. The molecule has 1 aliphatic rings. The zero-order chi connectivity index (χ0) is 15.9. The Morgan fingerprint density at radius 3 is 2.73 bits per heavy atom. The molecule has 0 unspecified atom stereocenters. The molecule has 3 rings (SSSR count). The number of likely N-dealkylation sites (tertiary alicyclic amines) is 1. The number of rotatable bonds is 2. The van der Waals surface area contributed by atoms with Crippen LogP contribution in [0.4, 0.5) is 0 Å². The van der Waals surface area contributed by atoms with Crippen molar-refractivity contribution in [3.63, 3.8) is 0 Å². The number of fused-ring (bicyclic) bond motifs is 1. The summed E-state index contributed by atoms with van der Waals surface area (Å²) in [7, 11) is 0. The molecule has 0 aliphatic carbocycles. The van der Waals surface area contributed by atoms with E-state index in [9.17, 15) is 4.79 Å². The lowest BCUT2D eigenvalue weighted by atomic mass is 10.1. The van der Waals surface area contributed by atoms with E-state index in [1.54, 1.807) is 0 Å². The minimum absolute atomic E-state index is 0.104. The zero-order valence-electron chi connectivity index (χ0n) is 13.3. The monoisotopic (exact) mass is 295 g/mol. The number of terminal acetylenes is 1. The van der Waals surface area contributed by atoms with Crippen LogP contribution < -0.4 is 0 Å². The van der Waals surface area contributed by atoms with Crippen LogP contribution in [-0.4, -0.2) is 32.4 Å². The fourth-order valence-electron chi connectivity index (χ4n) is 3.19. The Bertz CT molecular complexity index is 761. The Hall–Kier alpha value is -2.28. The molecule has 4 nitrogen and oxygen atoms in total. The van der Waals surface area contributed by atoms with Crippen molar-refractivity contribution in [2.45, 2.75) is 45.2 Å². The van der Waals surface area contributed by atoms with E-state index in [0.717, 1.165) is 16.9 Å². The number of hydrogen-bond donors (Lipinski definition) is 0. The molecule has 0 radical (unpaired) electrons. The molecule has 0 bridgehead atoms. The number of imidazole rings is 1. The van der Waals surface area contributed by atoms with Crippen molar-refractivity contribution < 1.29 is 4.79 Å². The molecule has 1 amide bonds. The van der Waals surface area contributed by atoms with E-state index in [0.29, 0.717) is 19.5 Å². The summed E-state index contributed by atoms with van der Waals surface area (Å²) in [5.41, 5.74) is 1.82. The highest BCUT2D eigenvalue weighted by Crippen LogP contribution is 2.33. The molecule has 1 atom stereocenters. The largest absolute Gasteiger partial charge is 0.337 e.